The first-order valence-corrected chi connectivity index (χ1v) is 31.1. The molecule has 0 spiro atoms. The van der Waals surface area contributed by atoms with Gasteiger partial charge in [0.1, 0.15) is 13.2 Å². The van der Waals surface area contributed by atoms with Crippen LogP contribution in [0.4, 0.5) is 0 Å². The van der Waals surface area contributed by atoms with Crippen LogP contribution in [-0.4, -0.2) is 37.2 Å². The molecule has 0 aliphatic heterocycles. The summed E-state index contributed by atoms with van der Waals surface area (Å²) in [4.78, 5) is 38.2. The SMILES string of the molecule is CC/C=C\C/C=C\C/C=C\C/C=C\C/C=C\C/C=C\C/C=C\C/C=C\CCCCCCCCC(=O)OCC(COC(=O)CC/C=C\C/C=C\C/C=C\C/C=C\CC)OC(=O)CCCCCCC/C=C\C/C=C\CCCCCC. The molecule has 0 aromatic heterocycles. The van der Waals surface area contributed by atoms with Gasteiger partial charge in [0, 0.05) is 19.3 Å². The van der Waals surface area contributed by atoms with Gasteiger partial charge in [0.2, 0.25) is 0 Å². The van der Waals surface area contributed by atoms with Gasteiger partial charge in [-0.25, -0.2) is 0 Å². The zero-order chi connectivity index (χ0) is 56.4. The van der Waals surface area contributed by atoms with Crippen molar-refractivity contribution in [3.63, 3.8) is 0 Å². The molecular weight excluding hydrogens is 961 g/mol. The first-order valence-electron chi connectivity index (χ1n) is 31.1. The second-order valence-electron chi connectivity index (χ2n) is 19.8. The highest BCUT2D eigenvalue weighted by atomic mass is 16.6. The molecule has 0 bridgehead atoms. The fourth-order valence-electron chi connectivity index (χ4n) is 7.85. The summed E-state index contributed by atoms with van der Waals surface area (Å²) in [7, 11) is 0. The lowest BCUT2D eigenvalue weighted by molar-refractivity contribution is -0.166. The van der Waals surface area contributed by atoms with Gasteiger partial charge in [-0.2, -0.15) is 0 Å². The Labute approximate surface area is 479 Å². The average Bonchev–Trinajstić information content (AvgIpc) is 3.44. The molecule has 0 N–H and O–H groups in total. The van der Waals surface area contributed by atoms with Crippen LogP contribution in [-0.2, 0) is 28.6 Å². The number of carbonyl (C=O) groups is 3. The Kier molecular flexibility index (Phi) is 60.0. The number of rotatable bonds is 54. The quantitative estimate of drug-likeness (QED) is 0.0261. The number of allylic oxidation sites excluding steroid dienone is 28. The minimum Gasteiger partial charge on any atom is -0.462 e. The van der Waals surface area contributed by atoms with E-state index >= 15 is 0 Å². The van der Waals surface area contributed by atoms with Crippen LogP contribution < -0.4 is 0 Å². The molecule has 0 amide bonds. The highest BCUT2D eigenvalue weighted by Crippen LogP contribution is 2.13. The molecule has 78 heavy (non-hydrogen) atoms. The fourth-order valence-corrected chi connectivity index (χ4v) is 7.85. The van der Waals surface area contributed by atoms with Crippen LogP contribution in [0.5, 0.6) is 0 Å². The first-order chi connectivity index (χ1) is 38.5. The second kappa shape index (κ2) is 64.3. The van der Waals surface area contributed by atoms with Crippen LogP contribution in [0.15, 0.2) is 170 Å². The van der Waals surface area contributed by atoms with E-state index in [1.807, 2.05) is 12.2 Å². The topological polar surface area (TPSA) is 78.9 Å². The van der Waals surface area contributed by atoms with Gasteiger partial charge in [-0.05, 0) is 141 Å². The summed E-state index contributed by atoms with van der Waals surface area (Å²) in [6, 6.07) is 0. The molecule has 0 aromatic rings. The molecule has 0 saturated heterocycles. The van der Waals surface area contributed by atoms with E-state index in [4.69, 9.17) is 14.2 Å². The number of ether oxygens (including phenoxy) is 3. The van der Waals surface area contributed by atoms with E-state index in [0.717, 1.165) is 154 Å². The van der Waals surface area contributed by atoms with E-state index in [9.17, 15) is 14.4 Å². The predicted molar refractivity (Wildman–Crippen MR) is 338 cm³/mol. The summed E-state index contributed by atoms with van der Waals surface area (Å²) in [5.74, 6) is -1.04. The smallest absolute Gasteiger partial charge is 0.306 e. The van der Waals surface area contributed by atoms with E-state index in [-0.39, 0.29) is 44.0 Å². The molecule has 0 heterocycles. The molecule has 0 saturated carbocycles. The molecule has 0 fully saturated rings. The minimum absolute atomic E-state index is 0.121. The Bertz CT molecular complexity index is 1810. The van der Waals surface area contributed by atoms with Crippen molar-refractivity contribution in [3.05, 3.63) is 170 Å². The first kappa shape index (κ1) is 72.8. The Morgan fingerprint density at radius 2 is 0.526 bits per heavy atom. The van der Waals surface area contributed by atoms with Crippen LogP contribution in [0, 0.1) is 0 Å². The number of hydrogen-bond donors (Lipinski definition) is 0. The summed E-state index contributed by atoms with van der Waals surface area (Å²) >= 11 is 0. The van der Waals surface area contributed by atoms with Crippen molar-refractivity contribution in [1.29, 1.82) is 0 Å². The molecule has 6 nitrogen and oxygen atoms in total. The monoisotopic (exact) mass is 1070 g/mol. The maximum absolute atomic E-state index is 12.9. The summed E-state index contributed by atoms with van der Waals surface area (Å²) in [6.45, 7) is 6.29. The third kappa shape index (κ3) is 61.6. The molecule has 6 heteroatoms. The molecule has 1 atom stereocenters. The van der Waals surface area contributed by atoms with E-state index < -0.39 is 6.10 Å². The third-order valence-corrected chi connectivity index (χ3v) is 12.4. The van der Waals surface area contributed by atoms with Crippen molar-refractivity contribution < 1.29 is 28.6 Å². The number of hydrogen-bond acceptors (Lipinski definition) is 6. The zero-order valence-electron chi connectivity index (χ0n) is 49.9. The summed E-state index contributed by atoms with van der Waals surface area (Å²) in [6.07, 6.45) is 95.1. The number of unbranched alkanes of at least 4 members (excludes halogenated alkanes) is 15. The van der Waals surface area contributed by atoms with Crippen LogP contribution >= 0.6 is 0 Å². The minimum atomic E-state index is -0.830. The van der Waals surface area contributed by atoms with E-state index in [2.05, 4.69) is 179 Å². The summed E-state index contributed by atoms with van der Waals surface area (Å²) in [5, 5.41) is 0. The van der Waals surface area contributed by atoms with Crippen molar-refractivity contribution in [2.45, 2.75) is 252 Å². The van der Waals surface area contributed by atoms with E-state index in [1.54, 1.807) is 0 Å². The number of carbonyl (C=O) groups excluding carboxylic acids is 3. The summed E-state index contributed by atoms with van der Waals surface area (Å²) in [5.41, 5.74) is 0. The maximum atomic E-state index is 12.9. The van der Waals surface area contributed by atoms with Gasteiger partial charge in [0.25, 0.3) is 0 Å². The lowest BCUT2D eigenvalue weighted by atomic mass is 10.1. The molecule has 0 aliphatic rings. The molecule has 0 aromatic carbocycles. The lowest BCUT2D eigenvalue weighted by Gasteiger charge is -2.18. The Morgan fingerprint density at radius 3 is 0.859 bits per heavy atom. The average molecular weight is 1070 g/mol. The standard InChI is InChI=1S/C72H112O6/c1-4-7-10-13-16-19-22-25-27-29-30-31-32-33-34-35-36-37-38-39-40-41-42-43-45-47-50-53-56-59-62-65-71(74)77-68-69(67-76-70(73)64-61-58-55-52-49-46-24-21-18-15-12-9-6-3)78-72(75)66-63-60-57-54-51-48-44-28-26-23-20-17-14-11-8-5-2/h7,9-10,12,16,18-21,23,25,27-28,30-31,33-34,36-37,39-40,42-44,46,49,55,58,69H,4-6,8,11,13-15,17,22,24,26,29,32,35,38,41,45,47-48,50-54,56-57,59-68H2,1-3H3/b10-7-,12-9-,19-16-,21-18-,23-20-,27-25-,31-30-,34-33-,37-36-,40-39-,43-42-,44-28-,49-46-,58-55-. The van der Waals surface area contributed by atoms with Crippen LogP contribution in [0.3, 0.4) is 0 Å². The highest BCUT2D eigenvalue weighted by molar-refractivity contribution is 5.71. The molecule has 436 valence electrons. The Morgan fingerprint density at radius 1 is 0.269 bits per heavy atom. The molecule has 1 unspecified atom stereocenters. The van der Waals surface area contributed by atoms with Crippen molar-refractivity contribution >= 4 is 17.9 Å². The molecule has 0 aliphatic carbocycles. The highest BCUT2D eigenvalue weighted by Gasteiger charge is 2.19. The van der Waals surface area contributed by atoms with Gasteiger partial charge in [-0.15, -0.1) is 0 Å². The normalized spacial score (nSPS) is 13.3. The van der Waals surface area contributed by atoms with Crippen LogP contribution in [0.1, 0.15) is 245 Å². The van der Waals surface area contributed by atoms with Crippen LogP contribution in [0.2, 0.25) is 0 Å². The van der Waals surface area contributed by atoms with Gasteiger partial charge >= 0.3 is 17.9 Å². The lowest BCUT2D eigenvalue weighted by Crippen LogP contribution is -2.30. The van der Waals surface area contributed by atoms with Crippen LogP contribution in [0.25, 0.3) is 0 Å². The van der Waals surface area contributed by atoms with Gasteiger partial charge in [-0.1, -0.05) is 255 Å². The summed E-state index contributed by atoms with van der Waals surface area (Å²) < 4.78 is 16.8. The second-order valence-corrected chi connectivity index (χ2v) is 19.8. The van der Waals surface area contributed by atoms with E-state index in [1.165, 1.54) is 44.9 Å². The predicted octanol–water partition coefficient (Wildman–Crippen LogP) is 21.5. The largest absolute Gasteiger partial charge is 0.462 e. The maximum Gasteiger partial charge on any atom is 0.306 e. The number of esters is 3. The molecule has 0 rings (SSSR count). The van der Waals surface area contributed by atoms with Gasteiger partial charge < -0.3 is 14.2 Å². The van der Waals surface area contributed by atoms with Gasteiger partial charge in [0.05, 0.1) is 0 Å². The zero-order valence-corrected chi connectivity index (χ0v) is 49.9. The Hall–Kier alpha value is -5.23. The fraction of sp³-hybridized carbons (Fsp3) is 0.569. The molecular formula is C72H112O6. The van der Waals surface area contributed by atoms with Gasteiger partial charge in [-0.3, -0.25) is 14.4 Å². The Balaban J connectivity index is 4.41. The van der Waals surface area contributed by atoms with Gasteiger partial charge in [0.15, 0.2) is 6.10 Å². The van der Waals surface area contributed by atoms with Crippen molar-refractivity contribution in [2.24, 2.45) is 0 Å². The van der Waals surface area contributed by atoms with Crippen molar-refractivity contribution in [1.82, 2.24) is 0 Å². The third-order valence-electron chi connectivity index (χ3n) is 12.4. The van der Waals surface area contributed by atoms with Crippen molar-refractivity contribution in [2.75, 3.05) is 13.2 Å². The van der Waals surface area contributed by atoms with E-state index in [0.29, 0.717) is 12.8 Å². The molecule has 0 radical (unpaired) electrons. The van der Waals surface area contributed by atoms with Crippen molar-refractivity contribution in [3.8, 4) is 0 Å².